The van der Waals surface area contributed by atoms with Crippen molar-refractivity contribution in [2.45, 2.75) is 6.10 Å². The molecule has 1 N–H and O–H groups in total. The van der Waals surface area contributed by atoms with E-state index in [1.165, 1.54) is 0 Å². The molecular formula is C13H20INO2. The summed E-state index contributed by atoms with van der Waals surface area (Å²) in [7, 11) is 2.19. The second kappa shape index (κ2) is 6.68. The zero-order chi connectivity index (χ0) is 11.4. The van der Waals surface area contributed by atoms with Gasteiger partial charge in [-0.25, -0.2) is 0 Å². The van der Waals surface area contributed by atoms with E-state index < -0.39 is 0 Å². The third kappa shape index (κ3) is 4.21. The highest BCUT2D eigenvalue weighted by Gasteiger charge is 2.28. The molecular weight excluding hydrogens is 329 g/mol. The molecule has 0 aromatic heterocycles. The Kier molecular flexibility index (Phi) is 5.85. The van der Waals surface area contributed by atoms with Crippen LogP contribution in [-0.2, 0) is 4.74 Å². The van der Waals surface area contributed by atoms with Gasteiger partial charge >= 0.3 is 0 Å². The monoisotopic (exact) mass is 349 g/mol. The molecule has 0 amide bonds. The van der Waals surface area contributed by atoms with Crippen LogP contribution < -0.4 is 24.0 Å². The molecule has 1 heterocycles. The lowest BCUT2D eigenvalue weighted by molar-refractivity contribution is -0.920. The van der Waals surface area contributed by atoms with Gasteiger partial charge in [0.2, 0.25) is 0 Å². The van der Waals surface area contributed by atoms with Crippen LogP contribution in [0.3, 0.4) is 0 Å². The molecule has 3 nitrogen and oxygen atoms in total. The van der Waals surface area contributed by atoms with Crippen molar-refractivity contribution < 1.29 is 38.3 Å². The first-order valence-corrected chi connectivity index (χ1v) is 5.84. The van der Waals surface area contributed by atoms with Crippen LogP contribution >= 0.6 is 0 Å². The van der Waals surface area contributed by atoms with E-state index in [2.05, 4.69) is 7.05 Å². The van der Waals surface area contributed by atoms with Crippen molar-refractivity contribution in [1.29, 1.82) is 0 Å². The number of likely N-dealkylation sites (N-methyl/N-ethyl adjacent to an activating group) is 1. The number of hydrogen-bond donors (Lipinski definition) is 1. The number of nitrogens with zero attached hydrogens (tertiary/aromatic N) is 1. The van der Waals surface area contributed by atoms with E-state index in [1.807, 2.05) is 30.3 Å². The highest BCUT2D eigenvalue weighted by molar-refractivity contribution is 5.17. The number of morpholine rings is 1. The smallest absolute Gasteiger partial charge is 0.128 e. The van der Waals surface area contributed by atoms with E-state index in [-0.39, 0.29) is 30.1 Å². The quantitative estimate of drug-likeness (QED) is 0.516. The van der Waals surface area contributed by atoms with Crippen molar-refractivity contribution in [3.8, 4) is 0 Å². The topological polar surface area (TPSA) is 29.5 Å². The molecule has 1 saturated heterocycles. The van der Waals surface area contributed by atoms with Crippen LogP contribution in [0.2, 0.25) is 0 Å². The summed E-state index contributed by atoms with van der Waals surface area (Å²) in [5, 5.41) is 10.2. The van der Waals surface area contributed by atoms with E-state index in [4.69, 9.17) is 4.74 Å². The van der Waals surface area contributed by atoms with E-state index in [1.54, 1.807) is 0 Å². The molecule has 1 aliphatic heterocycles. The molecule has 17 heavy (non-hydrogen) atoms. The molecule has 4 heteroatoms. The molecule has 1 unspecified atom stereocenters. The first-order valence-electron chi connectivity index (χ1n) is 5.84. The minimum atomic E-state index is -0.371. The maximum absolute atomic E-state index is 10.2. The second-order valence-electron chi connectivity index (χ2n) is 4.79. The molecule has 1 aliphatic rings. The van der Waals surface area contributed by atoms with Gasteiger partial charge < -0.3 is 38.3 Å². The minimum Gasteiger partial charge on any atom is -1.00 e. The van der Waals surface area contributed by atoms with Crippen molar-refractivity contribution in [2.75, 3.05) is 39.9 Å². The van der Waals surface area contributed by atoms with Crippen molar-refractivity contribution in [3.05, 3.63) is 35.9 Å². The summed E-state index contributed by atoms with van der Waals surface area (Å²) in [6.45, 7) is 4.36. The van der Waals surface area contributed by atoms with Gasteiger partial charge in [-0.3, -0.25) is 0 Å². The van der Waals surface area contributed by atoms with Crippen LogP contribution in [-0.4, -0.2) is 49.5 Å². The number of ether oxygens (including phenoxy) is 1. The SMILES string of the molecule is C[N+]1(CC(O)c2ccccc2)CCOCC1.[I-]. The Morgan fingerprint density at radius 2 is 1.82 bits per heavy atom. The highest BCUT2D eigenvalue weighted by atomic mass is 127. The fraction of sp³-hybridized carbons (Fsp3) is 0.538. The maximum Gasteiger partial charge on any atom is 0.128 e. The van der Waals surface area contributed by atoms with Crippen molar-refractivity contribution >= 4 is 0 Å². The standard InChI is InChI=1S/C13H20NO2.HI/c1-14(7-9-16-10-8-14)11-13(15)12-5-3-2-4-6-12;/h2-6,13,15H,7-11H2,1H3;1H/q+1;/p-1. The number of aliphatic hydroxyl groups is 1. The molecule has 0 bridgehead atoms. The van der Waals surface area contributed by atoms with Crippen LogP contribution in [0.15, 0.2) is 30.3 Å². The molecule has 0 radical (unpaired) electrons. The van der Waals surface area contributed by atoms with Gasteiger partial charge in [0.05, 0.1) is 20.3 Å². The summed E-state index contributed by atoms with van der Waals surface area (Å²) in [6.07, 6.45) is -0.371. The molecule has 96 valence electrons. The molecule has 1 aromatic carbocycles. The van der Waals surface area contributed by atoms with Crippen LogP contribution in [0.1, 0.15) is 11.7 Å². The van der Waals surface area contributed by atoms with Gasteiger partial charge in [-0.15, -0.1) is 0 Å². The number of halogens is 1. The summed E-state index contributed by atoms with van der Waals surface area (Å²) in [6, 6.07) is 9.88. The first kappa shape index (κ1) is 14.9. The Balaban J connectivity index is 0.00000144. The summed E-state index contributed by atoms with van der Waals surface area (Å²) in [5.74, 6) is 0. The van der Waals surface area contributed by atoms with E-state index >= 15 is 0 Å². The summed E-state index contributed by atoms with van der Waals surface area (Å²) < 4.78 is 6.25. The fourth-order valence-electron chi connectivity index (χ4n) is 2.16. The average Bonchev–Trinajstić information content (AvgIpc) is 2.30. The Morgan fingerprint density at radius 3 is 2.41 bits per heavy atom. The molecule has 1 atom stereocenters. The van der Waals surface area contributed by atoms with Gasteiger partial charge in [-0.1, -0.05) is 30.3 Å². The van der Waals surface area contributed by atoms with Crippen LogP contribution in [0.4, 0.5) is 0 Å². The maximum atomic E-state index is 10.2. The Bertz CT molecular complexity index is 325. The first-order chi connectivity index (χ1) is 7.70. The molecule has 0 saturated carbocycles. The predicted octanol–water partition coefficient (Wildman–Crippen LogP) is -1.80. The lowest BCUT2D eigenvalue weighted by atomic mass is 10.1. The highest BCUT2D eigenvalue weighted by Crippen LogP contribution is 2.18. The summed E-state index contributed by atoms with van der Waals surface area (Å²) in [4.78, 5) is 0. The van der Waals surface area contributed by atoms with Gasteiger partial charge in [0.25, 0.3) is 0 Å². The van der Waals surface area contributed by atoms with Gasteiger partial charge in [0.15, 0.2) is 0 Å². The van der Waals surface area contributed by atoms with Crippen molar-refractivity contribution in [2.24, 2.45) is 0 Å². The normalized spacial score (nSPS) is 20.4. The molecule has 0 spiro atoms. The summed E-state index contributed by atoms with van der Waals surface area (Å²) >= 11 is 0. The molecule has 1 aromatic rings. The number of quaternary nitrogens is 1. The van der Waals surface area contributed by atoms with E-state index in [0.29, 0.717) is 0 Å². The van der Waals surface area contributed by atoms with Gasteiger partial charge in [-0.2, -0.15) is 0 Å². The Labute approximate surface area is 120 Å². The van der Waals surface area contributed by atoms with E-state index in [0.717, 1.165) is 42.9 Å². The third-order valence-electron chi connectivity index (χ3n) is 3.35. The number of benzene rings is 1. The zero-order valence-electron chi connectivity index (χ0n) is 10.2. The lowest BCUT2D eigenvalue weighted by Gasteiger charge is -2.38. The number of hydrogen-bond acceptors (Lipinski definition) is 2. The predicted molar refractivity (Wildman–Crippen MR) is 63.0 cm³/mol. The van der Waals surface area contributed by atoms with Crippen molar-refractivity contribution in [1.82, 2.24) is 0 Å². The van der Waals surface area contributed by atoms with Gasteiger partial charge in [0.1, 0.15) is 25.7 Å². The molecule has 0 aliphatic carbocycles. The zero-order valence-corrected chi connectivity index (χ0v) is 12.3. The summed E-state index contributed by atoms with van der Waals surface area (Å²) in [5.41, 5.74) is 1.01. The second-order valence-corrected chi connectivity index (χ2v) is 4.79. The average molecular weight is 349 g/mol. The largest absolute Gasteiger partial charge is 1.00 e. The van der Waals surface area contributed by atoms with Gasteiger partial charge in [-0.05, 0) is 5.56 Å². The fourth-order valence-corrected chi connectivity index (χ4v) is 2.16. The molecule has 2 rings (SSSR count). The van der Waals surface area contributed by atoms with Gasteiger partial charge in [0, 0.05) is 0 Å². The molecule has 1 fully saturated rings. The van der Waals surface area contributed by atoms with Crippen LogP contribution in [0.5, 0.6) is 0 Å². The Morgan fingerprint density at radius 1 is 1.24 bits per heavy atom. The number of rotatable bonds is 3. The third-order valence-corrected chi connectivity index (χ3v) is 3.35. The van der Waals surface area contributed by atoms with E-state index in [9.17, 15) is 5.11 Å². The minimum absolute atomic E-state index is 0. The number of aliphatic hydroxyl groups excluding tert-OH is 1. The van der Waals surface area contributed by atoms with Crippen LogP contribution in [0.25, 0.3) is 0 Å². The van der Waals surface area contributed by atoms with Crippen LogP contribution in [0, 0.1) is 0 Å². The Hall–Kier alpha value is -0.170. The lowest BCUT2D eigenvalue weighted by Crippen LogP contribution is -3.00. The van der Waals surface area contributed by atoms with Crippen molar-refractivity contribution in [3.63, 3.8) is 0 Å².